The molecule has 0 radical (unpaired) electrons. The van der Waals surface area contributed by atoms with Crippen molar-refractivity contribution in [2.75, 3.05) is 6.26 Å². The molecule has 0 aromatic carbocycles. The van der Waals surface area contributed by atoms with Crippen molar-refractivity contribution >= 4 is 45.9 Å². The Balaban J connectivity index is 2.37. The molecule has 2 N–H and O–H groups in total. The summed E-state index contributed by atoms with van der Waals surface area (Å²) in [6.45, 7) is 9.16. The van der Waals surface area contributed by atoms with Gasteiger partial charge in [-0.1, -0.05) is 26.5 Å². The van der Waals surface area contributed by atoms with Crippen LogP contribution in [0.1, 0.15) is 37.9 Å². The average Bonchev–Trinajstić information content (AvgIpc) is 3.15. The van der Waals surface area contributed by atoms with Crippen molar-refractivity contribution in [1.29, 1.82) is 0 Å². The van der Waals surface area contributed by atoms with Crippen molar-refractivity contribution < 1.29 is 19.1 Å². The largest absolute Gasteiger partial charge is 0.456 e. The van der Waals surface area contributed by atoms with E-state index in [4.69, 9.17) is 4.74 Å². The predicted molar refractivity (Wildman–Crippen MR) is 115 cm³/mol. The first kappa shape index (κ1) is 23.1. The summed E-state index contributed by atoms with van der Waals surface area (Å²) in [6.07, 6.45) is 2.41. The molecule has 0 fully saturated rings. The Morgan fingerprint density at radius 1 is 1.38 bits per heavy atom. The van der Waals surface area contributed by atoms with Crippen molar-refractivity contribution in [3.63, 3.8) is 0 Å². The highest BCUT2D eigenvalue weighted by atomic mass is 32.2. The minimum absolute atomic E-state index is 0.0554. The number of aromatic nitrogens is 1. The van der Waals surface area contributed by atoms with Crippen molar-refractivity contribution in [2.45, 2.75) is 51.9 Å². The Kier molecular flexibility index (Phi) is 8.39. The van der Waals surface area contributed by atoms with Gasteiger partial charge in [-0.2, -0.15) is 0 Å². The standard InChI is InChI=1S/C19H26N4O4S2/c1-6-12-7-14(24)20-8-15-22-13(9-29-15)18(28-5)21-11(4)17(25)23-16(10(2)3)19(26)27-12/h6,9-12,16H,1,7-8H2,2-5H3,(H,20,24)(H,23,25)/t11-,12-,16?/m1/s1. The van der Waals surface area contributed by atoms with Crippen LogP contribution in [0.4, 0.5) is 0 Å². The Labute approximate surface area is 178 Å². The molecule has 1 aromatic rings. The fourth-order valence-corrected chi connectivity index (χ4v) is 3.91. The Morgan fingerprint density at radius 2 is 2.10 bits per heavy atom. The van der Waals surface area contributed by atoms with E-state index in [1.165, 1.54) is 29.2 Å². The van der Waals surface area contributed by atoms with E-state index in [0.29, 0.717) is 15.7 Å². The summed E-state index contributed by atoms with van der Waals surface area (Å²) in [6, 6.07) is -1.57. The van der Waals surface area contributed by atoms with E-state index in [0.717, 1.165) is 0 Å². The Hall–Kier alpha value is -2.20. The van der Waals surface area contributed by atoms with Crippen molar-refractivity contribution in [3.05, 3.63) is 28.7 Å². The van der Waals surface area contributed by atoms with Crippen LogP contribution in [-0.4, -0.2) is 52.3 Å². The minimum Gasteiger partial charge on any atom is -0.456 e. The van der Waals surface area contributed by atoms with Gasteiger partial charge in [0.15, 0.2) is 0 Å². The van der Waals surface area contributed by atoms with Crippen LogP contribution < -0.4 is 10.6 Å². The molecule has 2 bridgehead atoms. The lowest BCUT2D eigenvalue weighted by Crippen LogP contribution is -2.49. The first-order chi connectivity index (χ1) is 13.7. The maximum atomic E-state index is 12.7. The molecule has 158 valence electrons. The number of cyclic esters (lactones) is 1. The van der Waals surface area contributed by atoms with Gasteiger partial charge >= 0.3 is 5.97 Å². The number of ether oxygens (including phenoxy) is 1. The number of fused-ring (bicyclic) bond motifs is 2. The summed E-state index contributed by atoms with van der Waals surface area (Å²) in [5, 5.41) is 8.66. The number of nitrogens with one attached hydrogen (secondary N) is 2. The van der Waals surface area contributed by atoms with Gasteiger partial charge in [0, 0.05) is 5.38 Å². The SMILES string of the molecule is C=C[C@@H]1CC(=O)NCc2nc(cs2)C(SC)=N[C@H](C)C(=O)NC(C(C)C)C(=O)O1. The zero-order chi connectivity index (χ0) is 21.6. The fraction of sp³-hybridized carbons (Fsp3) is 0.526. The highest BCUT2D eigenvalue weighted by Gasteiger charge is 2.30. The smallest absolute Gasteiger partial charge is 0.329 e. The van der Waals surface area contributed by atoms with E-state index >= 15 is 0 Å². The van der Waals surface area contributed by atoms with Gasteiger partial charge in [-0.05, 0) is 19.1 Å². The lowest BCUT2D eigenvalue weighted by atomic mass is 10.0. The molecule has 2 heterocycles. The molecule has 3 atom stereocenters. The molecule has 1 aliphatic heterocycles. The maximum absolute atomic E-state index is 12.7. The van der Waals surface area contributed by atoms with E-state index in [1.54, 1.807) is 20.8 Å². The van der Waals surface area contributed by atoms with Crippen LogP contribution in [0.25, 0.3) is 0 Å². The third-order valence-corrected chi connectivity index (χ3v) is 5.78. The molecular weight excluding hydrogens is 412 g/mol. The van der Waals surface area contributed by atoms with Crippen molar-refractivity contribution in [3.8, 4) is 0 Å². The second-order valence-corrected chi connectivity index (χ2v) is 8.60. The van der Waals surface area contributed by atoms with Gasteiger partial charge in [-0.3, -0.25) is 14.6 Å². The van der Waals surface area contributed by atoms with E-state index in [2.05, 4.69) is 27.2 Å². The second-order valence-electron chi connectivity index (χ2n) is 6.86. The van der Waals surface area contributed by atoms with E-state index in [9.17, 15) is 14.4 Å². The van der Waals surface area contributed by atoms with Gasteiger partial charge < -0.3 is 15.4 Å². The summed E-state index contributed by atoms with van der Waals surface area (Å²) in [5.41, 5.74) is 0.655. The van der Waals surface area contributed by atoms with Crippen molar-refractivity contribution in [1.82, 2.24) is 15.6 Å². The van der Waals surface area contributed by atoms with E-state index in [1.807, 2.05) is 11.6 Å². The molecule has 10 heteroatoms. The molecular formula is C19H26N4O4S2. The Bertz CT molecular complexity index is 806. The number of thiazole rings is 1. The number of hydrogen-bond donors (Lipinski definition) is 2. The van der Waals surface area contributed by atoms with Crippen LogP contribution in [0.15, 0.2) is 23.0 Å². The molecule has 1 aliphatic rings. The fourth-order valence-electron chi connectivity index (χ4n) is 2.54. The summed E-state index contributed by atoms with van der Waals surface area (Å²) < 4.78 is 5.41. The van der Waals surface area contributed by atoms with Crippen molar-refractivity contribution in [2.24, 2.45) is 10.9 Å². The molecule has 29 heavy (non-hydrogen) atoms. The molecule has 8 nitrogen and oxygen atoms in total. The molecule has 0 saturated carbocycles. The second kappa shape index (κ2) is 10.5. The van der Waals surface area contributed by atoms with E-state index in [-0.39, 0.29) is 30.7 Å². The number of carbonyl (C=O) groups excluding carboxylic acids is 3. The number of nitrogens with zero attached hydrogens (tertiary/aromatic N) is 2. The van der Waals surface area contributed by atoms with Gasteiger partial charge in [0.05, 0.1) is 13.0 Å². The molecule has 0 aliphatic carbocycles. The van der Waals surface area contributed by atoms with Gasteiger partial charge in [0.25, 0.3) is 0 Å². The normalized spacial score (nSPS) is 24.4. The van der Waals surface area contributed by atoms with E-state index < -0.39 is 24.2 Å². The minimum atomic E-state index is -0.859. The molecule has 2 amide bonds. The molecule has 0 saturated heterocycles. The highest BCUT2D eigenvalue weighted by Crippen LogP contribution is 2.17. The number of thioether (sulfide) groups is 1. The van der Waals surface area contributed by atoms with Crippen LogP contribution in [0.3, 0.4) is 0 Å². The van der Waals surface area contributed by atoms with Gasteiger partial charge in [0.2, 0.25) is 11.8 Å². The lowest BCUT2D eigenvalue weighted by Gasteiger charge is -2.24. The summed E-state index contributed by atoms with van der Waals surface area (Å²) in [5.74, 6) is -1.49. The number of amides is 2. The van der Waals surface area contributed by atoms with Crippen LogP contribution in [0.5, 0.6) is 0 Å². The number of hydrogen-bond acceptors (Lipinski definition) is 8. The molecule has 1 unspecified atom stereocenters. The third-order valence-electron chi connectivity index (χ3n) is 4.23. The topological polar surface area (TPSA) is 110 Å². The summed E-state index contributed by atoms with van der Waals surface area (Å²) in [4.78, 5) is 46.5. The first-order valence-electron chi connectivity index (χ1n) is 9.21. The lowest BCUT2D eigenvalue weighted by molar-refractivity contribution is -0.153. The summed E-state index contributed by atoms with van der Waals surface area (Å²) >= 11 is 2.78. The van der Waals surface area contributed by atoms with Crippen LogP contribution in [-0.2, 0) is 25.7 Å². The number of carbonyl (C=O) groups is 3. The number of esters is 1. The zero-order valence-electron chi connectivity index (χ0n) is 16.9. The van der Waals surface area contributed by atoms with Gasteiger partial charge in [0.1, 0.15) is 33.9 Å². The van der Waals surface area contributed by atoms with Crippen LogP contribution in [0.2, 0.25) is 0 Å². The number of rotatable bonds is 2. The van der Waals surface area contributed by atoms with Crippen LogP contribution >= 0.6 is 23.1 Å². The summed E-state index contributed by atoms with van der Waals surface area (Å²) in [7, 11) is 0. The highest BCUT2D eigenvalue weighted by molar-refractivity contribution is 8.13. The zero-order valence-corrected chi connectivity index (χ0v) is 18.6. The maximum Gasteiger partial charge on any atom is 0.329 e. The number of aliphatic imine (C=N–C) groups is 1. The average molecular weight is 439 g/mol. The Morgan fingerprint density at radius 3 is 2.72 bits per heavy atom. The van der Waals surface area contributed by atoms with Crippen LogP contribution in [0, 0.1) is 5.92 Å². The molecule has 2 rings (SSSR count). The third kappa shape index (κ3) is 6.40. The van der Waals surface area contributed by atoms with Gasteiger partial charge in [-0.15, -0.1) is 23.1 Å². The monoisotopic (exact) mass is 438 g/mol. The molecule has 1 aromatic heterocycles. The molecule has 0 spiro atoms. The predicted octanol–water partition coefficient (Wildman–Crippen LogP) is 1.90. The quantitative estimate of drug-likeness (QED) is 0.539. The van der Waals surface area contributed by atoms with Gasteiger partial charge in [-0.25, -0.2) is 9.78 Å². The first-order valence-corrected chi connectivity index (χ1v) is 11.3.